The highest BCUT2D eigenvalue weighted by Gasteiger charge is 2.55. The molecule has 1 spiro atoms. The summed E-state index contributed by atoms with van der Waals surface area (Å²) in [5, 5.41) is 12.2. The highest BCUT2D eigenvalue weighted by atomic mass is 19.4. The number of hydrogen-bond acceptors (Lipinski definition) is 6. The highest BCUT2D eigenvalue weighted by molar-refractivity contribution is 5.77. The van der Waals surface area contributed by atoms with Gasteiger partial charge in [-0.15, -0.1) is 0 Å². The number of pyridine rings is 1. The van der Waals surface area contributed by atoms with Crippen molar-refractivity contribution in [3.63, 3.8) is 0 Å². The van der Waals surface area contributed by atoms with Crippen molar-refractivity contribution in [2.75, 3.05) is 32.1 Å². The smallest absolute Gasteiger partial charge is 0.387 e. The molecule has 0 aromatic carbocycles. The minimum atomic E-state index is -4.38. The summed E-state index contributed by atoms with van der Waals surface area (Å²) in [5.41, 5.74) is -1.72. The number of likely N-dealkylation sites (tertiary alicyclic amines) is 1. The summed E-state index contributed by atoms with van der Waals surface area (Å²) >= 11 is 0. The van der Waals surface area contributed by atoms with Gasteiger partial charge in [-0.05, 0) is 25.3 Å². The quantitative estimate of drug-likeness (QED) is 0.706. The van der Waals surface area contributed by atoms with E-state index in [1.807, 2.05) is 0 Å². The average Bonchev–Trinajstić information content (AvgIpc) is 3.25. The zero-order valence-corrected chi connectivity index (χ0v) is 19.4. The predicted octanol–water partition coefficient (Wildman–Crippen LogP) is 2.72. The second kappa shape index (κ2) is 8.83. The van der Waals surface area contributed by atoms with Crippen LogP contribution in [0.2, 0.25) is 0 Å². The summed E-state index contributed by atoms with van der Waals surface area (Å²) in [5.74, 6) is -0.0573. The number of carbonyl (C=O) groups is 1. The number of piperidine rings is 1. The van der Waals surface area contributed by atoms with E-state index in [4.69, 9.17) is 0 Å². The molecule has 2 aromatic heterocycles. The Kier molecular flexibility index (Phi) is 6.34. The lowest BCUT2D eigenvalue weighted by Crippen LogP contribution is -2.62. The van der Waals surface area contributed by atoms with Crippen LogP contribution in [-0.4, -0.2) is 69.4 Å². The molecule has 1 atom stereocenters. The average molecular weight is 482 g/mol. The minimum Gasteiger partial charge on any atom is -0.387 e. The first-order valence-electron chi connectivity index (χ1n) is 11.5. The van der Waals surface area contributed by atoms with Gasteiger partial charge in [0, 0.05) is 51.4 Å². The fourth-order valence-electron chi connectivity index (χ4n) is 5.40. The summed E-state index contributed by atoms with van der Waals surface area (Å²) < 4.78 is 39.3. The summed E-state index contributed by atoms with van der Waals surface area (Å²) in [6.45, 7) is 0.409. The van der Waals surface area contributed by atoms with Gasteiger partial charge in [0.15, 0.2) is 0 Å². The maximum atomic E-state index is 13.2. The number of aliphatic hydroxyl groups is 1. The Bertz CT molecular complexity index is 1130. The van der Waals surface area contributed by atoms with Crippen LogP contribution in [-0.2, 0) is 11.3 Å². The van der Waals surface area contributed by atoms with Crippen LogP contribution >= 0.6 is 0 Å². The molecule has 1 amide bonds. The minimum absolute atomic E-state index is 0.0434. The fraction of sp³-hybridized carbons (Fsp3) is 0.652. The van der Waals surface area contributed by atoms with Crippen LogP contribution < -0.4 is 10.5 Å². The Labute approximate surface area is 195 Å². The van der Waals surface area contributed by atoms with E-state index < -0.39 is 35.9 Å². The molecule has 34 heavy (non-hydrogen) atoms. The number of alkyl halides is 3. The third-order valence-electron chi connectivity index (χ3n) is 7.35. The third kappa shape index (κ3) is 4.62. The van der Waals surface area contributed by atoms with E-state index in [0.29, 0.717) is 29.7 Å². The van der Waals surface area contributed by atoms with E-state index in [9.17, 15) is 27.9 Å². The molecule has 3 heterocycles. The van der Waals surface area contributed by atoms with Crippen molar-refractivity contribution < 1.29 is 23.1 Å². The van der Waals surface area contributed by atoms with Gasteiger partial charge in [0.05, 0.1) is 29.5 Å². The normalized spacial score (nSPS) is 22.5. The molecule has 2 aliphatic rings. The van der Waals surface area contributed by atoms with Crippen molar-refractivity contribution >= 4 is 22.8 Å². The number of fused-ring (bicyclic) bond motifs is 1. The first-order chi connectivity index (χ1) is 15.9. The fourth-order valence-corrected chi connectivity index (χ4v) is 5.40. The van der Waals surface area contributed by atoms with E-state index in [1.165, 1.54) is 15.7 Å². The Morgan fingerprint density at radius 1 is 1.24 bits per heavy atom. The van der Waals surface area contributed by atoms with Gasteiger partial charge in [-0.2, -0.15) is 13.2 Å². The number of amides is 1. The van der Waals surface area contributed by atoms with Crippen LogP contribution in [0.3, 0.4) is 0 Å². The summed E-state index contributed by atoms with van der Waals surface area (Å²) in [6, 6.07) is 1.71. The largest absolute Gasteiger partial charge is 0.389 e. The van der Waals surface area contributed by atoms with Gasteiger partial charge in [0.25, 0.3) is 5.56 Å². The molecule has 0 bridgehead atoms. The zero-order chi connectivity index (χ0) is 24.7. The van der Waals surface area contributed by atoms with Gasteiger partial charge in [0.2, 0.25) is 11.9 Å². The molecule has 186 valence electrons. The van der Waals surface area contributed by atoms with Gasteiger partial charge in [-0.25, -0.2) is 9.97 Å². The van der Waals surface area contributed by atoms with Crippen molar-refractivity contribution in [3.05, 3.63) is 28.8 Å². The Balaban J connectivity index is 1.58. The maximum absolute atomic E-state index is 13.2. The number of aromatic nitrogens is 3. The van der Waals surface area contributed by atoms with Gasteiger partial charge in [-0.1, -0.05) is 12.8 Å². The predicted molar refractivity (Wildman–Crippen MR) is 120 cm³/mol. The Hall–Kier alpha value is -2.69. The first kappa shape index (κ1) is 24.4. The van der Waals surface area contributed by atoms with Crippen LogP contribution in [0, 0.1) is 5.41 Å². The highest BCUT2D eigenvalue weighted by Crippen LogP contribution is 2.51. The molecule has 1 aliphatic carbocycles. The molecule has 2 fully saturated rings. The Morgan fingerprint density at radius 3 is 2.59 bits per heavy atom. The van der Waals surface area contributed by atoms with E-state index in [2.05, 4.69) is 9.97 Å². The Morgan fingerprint density at radius 2 is 1.94 bits per heavy atom. The number of anilines is 1. The van der Waals surface area contributed by atoms with E-state index in [0.717, 1.165) is 12.8 Å². The van der Waals surface area contributed by atoms with E-state index in [-0.39, 0.29) is 31.6 Å². The van der Waals surface area contributed by atoms with Crippen molar-refractivity contribution in [3.8, 4) is 0 Å². The molecular weight excluding hydrogens is 451 g/mol. The number of halogens is 3. The van der Waals surface area contributed by atoms with Gasteiger partial charge in [-0.3, -0.25) is 9.59 Å². The van der Waals surface area contributed by atoms with Gasteiger partial charge >= 0.3 is 6.18 Å². The van der Waals surface area contributed by atoms with Crippen LogP contribution in [0.25, 0.3) is 10.9 Å². The molecule has 1 N–H and O–H groups in total. The second-order valence-electron chi connectivity index (χ2n) is 9.81. The molecule has 1 unspecified atom stereocenters. The maximum Gasteiger partial charge on any atom is 0.389 e. The lowest BCUT2D eigenvalue weighted by molar-refractivity contribution is -0.166. The number of hydrogen-bond donors (Lipinski definition) is 1. The van der Waals surface area contributed by atoms with Crippen LogP contribution in [0.4, 0.5) is 19.1 Å². The van der Waals surface area contributed by atoms with Crippen molar-refractivity contribution in [2.24, 2.45) is 5.41 Å². The summed E-state index contributed by atoms with van der Waals surface area (Å²) in [7, 11) is 3.61. The molecular formula is C23H30F3N5O3. The first-order valence-corrected chi connectivity index (χ1v) is 11.5. The molecule has 1 aliphatic heterocycles. The third-order valence-corrected chi connectivity index (χ3v) is 7.35. The van der Waals surface area contributed by atoms with Crippen molar-refractivity contribution in [1.29, 1.82) is 0 Å². The molecule has 4 rings (SSSR count). The lowest BCUT2D eigenvalue weighted by Gasteiger charge is -2.52. The van der Waals surface area contributed by atoms with Crippen LogP contribution in [0.15, 0.2) is 23.3 Å². The molecule has 0 radical (unpaired) electrons. The topological polar surface area (TPSA) is 91.6 Å². The van der Waals surface area contributed by atoms with Crippen molar-refractivity contribution in [1.82, 2.24) is 19.4 Å². The summed E-state index contributed by atoms with van der Waals surface area (Å²) in [6.07, 6.45) is 0.208. The van der Waals surface area contributed by atoms with Crippen molar-refractivity contribution in [2.45, 2.75) is 63.3 Å². The van der Waals surface area contributed by atoms with Gasteiger partial charge in [0.1, 0.15) is 0 Å². The molecule has 1 saturated heterocycles. The lowest BCUT2D eigenvalue weighted by atomic mass is 9.65. The number of nitrogens with zero attached hydrogens (tertiary/aromatic N) is 5. The van der Waals surface area contributed by atoms with Crippen LogP contribution in [0.5, 0.6) is 0 Å². The molecule has 8 nitrogen and oxygen atoms in total. The molecule has 2 aromatic rings. The zero-order valence-electron chi connectivity index (χ0n) is 19.4. The van der Waals surface area contributed by atoms with Crippen LogP contribution in [0.1, 0.15) is 44.9 Å². The van der Waals surface area contributed by atoms with E-state index in [1.54, 1.807) is 31.3 Å². The second-order valence-corrected chi connectivity index (χ2v) is 9.81. The van der Waals surface area contributed by atoms with Gasteiger partial charge < -0.3 is 19.5 Å². The van der Waals surface area contributed by atoms with E-state index >= 15 is 0 Å². The standard InChI is InChI=1S/C23H30F3N5O3/c1-29(2)20-27-13-16-17(28-20)6-11-31(19(16)33)15-22(34)10-12-30(14-21(22)7-3-4-8-21)18(32)5-9-23(24,25)26/h6,11,13,34H,3-5,7-10,12,14-15H2,1-2H3. The monoisotopic (exact) mass is 481 g/mol. The number of rotatable bonds is 5. The molecule has 1 saturated carbocycles. The number of carbonyl (C=O) groups excluding carboxylic acids is 1. The summed E-state index contributed by atoms with van der Waals surface area (Å²) in [4.78, 5) is 37.5. The molecule has 11 heteroatoms. The SMILES string of the molecule is CN(C)c1ncc2c(=O)n(CC3(O)CCN(C(=O)CCC(F)(F)F)CC34CCCC4)ccc2n1.